The molecule has 2 aromatic rings. The van der Waals surface area contributed by atoms with Gasteiger partial charge in [-0.3, -0.25) is 14.5 Å². The number of fused-ring (bicyclic) bond motifs is 1. The van der Waals surface area contributed by atoms with Crippen molar-refractivity contribution in [1.82, 2.24) is 14.8 Å². The molecule has 0 atom stereocenters. The van der Waals surface area contributed by atoms with Crippen LogP contribution in [-0.4, -0.2) is 27.1 Å². The van der Waals surface area contributed by atoms with Crippen molar-refractivity contribution in [2.75, 3.05) is 0 Å². The van der Waals surface area contributed by atoms with E-state index < -0.39 is 12.3 Å². The number of amides is 1. The summed E-state index contributed by atoms with van der Waals surface area (Å²) in [4.78, 5) is 14.8. The standard InChI is InChI=1S/C10H10F2N4O/c11-9(12)1-2-16-8-3-7(10(13)17)14-4-6(8)5-15-16/h3-5,9H,1-2H2,(H2,13,17). The van der Waals surface area contributed by atoms with Gasteiger partial charge in [0.2, 0.25) is 6.43 Å². The van der Waals surface area contributed by atoms with E-state index in [1.165, 1.54) is 23.1 Å². The van der Waals surface area contributed by atoms with Crippen molar-refractivity contribution in [1.29, 1.82) is 0 Å². The van der Waals surface area contributed by atoms with Crippen molar-refractivity contribution < 1.29 is 13.6 Å². The van der Waals surface area contributed by atoms with Gasteiger partial charge < -0.3 is 5.73 Å². The number of hydrogen-bond acceptors (Lipinski definition) is 3. The fourth-order valence-electron chi connectivity index (χ4n) is 1.51. The molecule has 5 nitrogen and oxygen atoms in total. The number of nitrogens with two attached hydrogens (primary N) is 1. The molecule has 0 saturated heterocycles. The van der Waals surface area contributed by atoms with Crippen LogP contribution in [-0.2, 0) is 6.54 Å². The highest BCUT2D eigenvalue weighted by atomic mass is 19.3. The average molecular weight is 240 g/mol. The summed E-state index contributed by atoms with van der Waals surface area (Å²) in [7, 11) is 0. The largest absolute Gasteiger partial charge is 0.364 e. The number of nitrogens with zero attached hydrogens (tertiary/aromatic N) is 3. The molecular formula is C10H10F2N4O. The monoisotopic (exact) mass is 240 g/mol. The van der Waals surface area contributed by atoms with Gasteiger partial charge in [0.15, 0.2) is 0 Å². The summed E-state index contributed by atoms with van der Waals surface area (Å²) in [6.45, 7) is 0.0867. The number of carbonyl (C=O) groups is 1. The molecule has 0 aliphatic carbocycles. The average Bonchev–Trinajstić information content (AvgIpc) is 2.68. The van der Waals surface area contributed by atoms with E-state index in [0.29, 0.717) is 10.9 Å². The maximum absolute atomic E-state index is 12.1. The van der Waals surface area contributed by atoms with Gasteiger partial charge in [0.25, 0.3) is 5.91 Å². The second-order valence-electron chi connectivity index (χ2n) is 3.54. The lowest BCUT2D eigenvalue weighted by atomic mass is 10.2. The first-order valence-corrected chi connectivity index (χ1v) is 4.97. The molecule has 90 valence electrons. The Morgan fingerprint density at radius 2 is 2.24 bits per heavy atom. The summed E-state index contributed by atoms with van der Waals surface area (Å²) in [5, 5.41) is 4.64. The highest BCUT2D eigenvalue weighted by Gasteiger charge is 2.09. The Hall–Kier alpha value is -2.05. The quantitative estimate of drug-likeness (QED) is 0.872. The van der Waals surface area contributed by atoms with E-state index >= 15 is 0 Å². The topological polar surface area (TPSA) is 73.8 Å². The van der Waals surface area contributed by atoms with E-state index in [0.717, 1.165) is 0 Å². The molecule has 2 rings (SSSR count). The van der Waals surface area contributed by atoms with Gasteiger partial charge in [0.1, 0.15) is 5.69 Å². The minimum atomic E-state index is -2.38. The van der Waals surface area contributed by atoms with Crippen molar-refractivity contribution in [3.63, 3.8) is 0 Å². The first-order chi connectivity index (χ1) is 8.08. The molecule has 2 N–H and O–H groups in total. The number of halogens is 2. The molecular weight excluding hydrogens is 230 g/mol. The molecule has 2 aromatic heterocycles. The van der Waals surface area contributed by atoms with Crippen molar-refractivity contribution in [3.05, 3.63) is 24.2 Å². The van der Waals surface area contributed by atoms with Crippen LogP contribution in [0, 0.1) is 0 Å². The van der Waals surface area contributed by atoms with Crippen LogP contribution in [0.4, 0.5) is 8.78 Å². The third-order valence-electron chi connectivity index (χ3n) is 2.34. The van der Waals surface area contributed by atoms with Gasteiger partial charge >= 0.3 is 0 Å². The summed E-state index contributed by atoms with van der Waals surface area (Å²) in [6.07, 6.45) is 0.289. The zero-order valence-electron chi connectivity index (χ0n) is 8.81. The van der Waals surface area contributed by atoms with Gasteiger partial charge in [-0.25, -0.2) is 8.78 Å². The number of pyridine rings is 1. The Morgan fingerprint density at radius 1 is 1.47 bits per heavy atom. The van der Waals surface area contributed by atoms with Gasteiger partial charge in [-0.15, -0.1) is 0 Å². The predicted octanol–water partition coefficient (Wildman–Crippen LogP) is 1.19. The summed E-state index contributed by atoms with van der Waals surface area (Å²) >= 11 is 0. The molecule has 2 heterocycles. The number of aryl methyl sites for hydroxylation is 1. The number of aromatic nitrogens is 3. The van der Waals surface area contributed by atoms with E-state index in [-0.39, 0.29) is 18.7 Å². The zero-order chi connectivity index (χ0) is 12.4. The fraction of sp³-hybridized carbons (Fsp3) is 0.300. The van der Waals surface area contributed by atoms with E-state index in [4.69, 9.17) is 5.73 Å². The summed E-state index contributed by atoms with van der Waals surface area (Å²) < 4.78 is 25.6. The smallest absolute Gasteiger partial charge is 0.267 e. The molecule has 0 spiro atoms. The van der Waals surface area contributed by atoms with Gasteiger partial charge in [-0.2, -0.15) is 5.10 Å². The van der Waals surface area contributed by atoms with Crippen LogP contribution >= 0.6 is 0 Å². The second-order valence-corrected chi connectivity index (χ2v) is 3.54. The normalized spacial score (nSPS) is 11.2. The highest BCUT2D eigenvalue weighted by Crippen LogP contribution is 2.14. The molecule has 17 heavy (non-hydrogen) atoms. The van der Waals surface area contributed by atoms with Crippen molar-refractivity contribution in [3.8, 4) is 0 Å². The number of hydrogen-bond donors (Lipinski definition) is 1. The molecule has 0 radical (unpaired) electrons. The maximum Gasteiger partial charge on any atom is 0.267 e. The van der Waals surface area contributed by atoms with Crippen molar-refractivity contribution >= 4 is 16.8 Å². The Bertz CT molecular complexity index is 552. The van der Waals surface area contributed by atoms with Gasteiger partial charge in [-0.1, -0.05) is 0 Å². The summed E-state index contributed by atoms with van der Waals surface area (Å²) in [5.74, 6) is -0.659. The lowest BCUT2D eigenvalue weighted by molar-refractivity contribution is 0.0995. The molecule has 0 unspecified atom stereocenters. The van der Waals surface area contributed by atoms with Crippen LogP contribution in [0.1, 0.15) is 16.9 Å². The van der Waals surface area contributed by atoms with Crippen LogP contribution in [0.3, 0.4) is 0 Å². The predicted molar refractivity (Wildman–Crippen MR) is 56.7 cm³/mol. The molecule has 0 aliphatic rings. The van der Waals surface area contributed by atoms with Crippen LogP contribution in [0.15, 0.2) is 18.5 Å². The highest BCUT2D eigenvalue weighted by molar-refractivity contribution is 5.94. The van der Waals surface area contributed by atoms with Crippen LogP contribution in [0.2, 0.25) is 0 Å². The number of rotatable bonds is 4. The molecule has 0 bridgehead atoms. The molecule has 0 aromatic carbocycles. The molecule has 0 saturated carbocycles. The van der Waals surface area contributed by atoms with Gasteiger partial charge in [0.05, 0.1) is 11.7 Å². The van der Waals surface area contributed by atoms with Crippen LogP contribution in [0.25, 0.3) is 10.9 Å². The lowest BCUT2D eigenvalue weighted by Crippen LogP contribution is -2.13. The number of carbonyl (C=O) groups excluding carboxylic acids is 1. The molecule has 0 fully saturated rings. The Kier molecular flexibility index (Phi) is 2.99. The summed E-state index contributed by atoms with van der Waals surface area (Å²) in [6, 6.07) is 1.45. The third kappa shape index (κ3) is 2.38. The van der Waals surface area contributed by atoms with Gasteiger partial charge in [0, 0.05) is 24.5 Å². The first-order valence-electron chi connectivity index (χ1n) is 4.97. The Morgan fingerprint density at radius 3 is 2.88 bits per heavy atom. The van der Waals surface area contributed by atoms with E-state index in [9.17, 15) is 13.6 Å². The Labute approximate surface area is 95.2 Å². The second kappa shape index (κ2) is 4.44. The molecule has 0 aliphatic heterocycles. The maximum atomic E-state index is 12.1. The van der Waals surface area contributed by atoms with E-state index in [1.54, 1.807) is 0 Å². The summed E-state index contributed by atoms with van der Waals surface area (Å²) in [5.41, 5.74) is 5.77. The third-order valence-corrected chi connectivity index (χ3v) is 2.34. The molecule has 7 heteroatoms. The van der Waals surface area contributed by atoms with Gasteiger partial charge in [-0.05, 0) is 6.07 Å². The van der Waals surface area contributed by atoms with Crippen LogP contribution < -0.4 is 5.73 Å². The van der Waals surface area contributed by atoms with E-state index in [2.05, 4.69) is 10.1 Å². The zero-order valence-corrected chi connectivity index (χ0v) is 8.81. The van der Waals surface area contributed by atoms with E-state index in [1.807, 2.05) is 0 Å². The van der Waals surface area contributed by atoms with Crippen molar-refractivity contribution in [2.24, 2.45) is 5.73 Å². The molecule has 1 amide bonds. The number of alkyl halides is 2. The lowest BCUT2D eigenvalue weighted by Gasteiger charge is -2.03. The minimum Gasteiger partial charge on any atom is -0.364 e. The number of primary amides is 1. The SMILES string of the molecule is NC(=O)c1cc2c(cn1)cnn2CCC(F)F. The first kappa shape index (κ1) is 11.4. The fourth-order valence-corrected chi connectivity index (χ4v) is 1.51. The van der Waals surface area contributed by atoms with Crippen molar-refractivity contribution in [2.45, 2.75) is 19.4 Å². The van der Waals surface area contributed by atoms with Crippen LogP contribution in [0.5, 0.6) is 0 Å². The Balaban J connectivity index is 2.36. The minimum absolute atomic E-state index is 0.0867.